The van der Waals surface area contributed by atoms with Crippen molar-refractivity contribution in [3.63, 3.8) is 0 Å². The van der Waals surface area contributed by atoms with E-state index in [4.69, 9.17) is 18.0 Å². The molecule has 2 aromatic rings. The van der Waals surface area contributed by atoms with E-state index in [1.165, 1.54) is 16.9 Å². The van der Waals surface area contributed by atoms with Gasteiger partial charge in [-0.25, -0.2) is 4.39 Å². The van der Waals surface area contributed by atoms with Crippen molar-refractivity contribution in [1.82, 2.24) is 9.78 Å². The van der Waals surface area contributed by atoms with Crippen LogP contribution >= 0.6 is 27.5 Å². The van der Waals surface area contributed by atoms with E-state index in [1.807, 2.05) is 6.07 Å². The Hall–Kier alpha value is -1.82. The van der Waals surface area contributed by atoms with E-state index >= 15 is 0 Å². The van der Waals surface area contributed by atoms with Gasteiger partial charge in [-0.2, -0.15) is 10.4 Å². The highest BCUT2D eigenvalue weighted by atomic mass is 79.9. The number of hydrogen-bond acceptors (Lipinski definition) is 2. The summed E-state index contributed by atoms with van der Waals surface area (Å²) in [5, 5.41) is 13.1. The molecule has 94 valence electrons. The molecule has 2 rings (SSSR count). The molecule has 0 amide bonds. The molecule has 0 atom stereocenters. The molecule has 0 bridgehead atoms. The number of nitriles is 1. The normalized spacial score (nSPS) is 10.0. The molecule has 6 heteroatoms. The van der Waals surface area contributed by atoms with Gasteiger partial charge in [-0.15, -0.1) is 6.42 Å². The molecule has 3 nitrogen and oxygen atoms in total. The second kappa shape index (κ2) is 5.05. The predicted molar refractivity (Wildman–Crippen MR) is 74.0 cm³/mol. The third-order valence-corrected chi connectivity index (χ3v) is 3.47. The van der Waals surface area contributed by atoms with Crippen molar-refractivity contribution < 1.29 is 4.39 Å². The Labute approximate surface area is 122 Å². The summed E-state index contributed by atoms with van der Waals surface area (Å²) in [4.78, 5) is 0. The molecule has 0 N–H and O–H groups in total. The van der Waals surface area contributed by atoms with Crippen LogP contribution in [0.25, 0.3) is 11.3 Å². The average Bonchev–Trinajstić information content (AvgIpc) is 2.72. The number of nitrogens with zero attached hydrogens (tertiary/aromatic N) is 3. The van der Waals surface area contributed by atoms with Crippen LogP contribution in [0.3, 0.4) is 0 Å². The van der Waals surface area contributed by atoms with Gasteiger partial charge < -0.3 is 0 Å². The third kappa shape index (κ3) is 2.12. The molecule has 1 aromatic carbocycles. The molecule has 0 saturated carbocycles. The van der Waals surface area contributed by atoms with Gasteiger partial charge in [0.15, 0.2) is 5.82 Å². The SMILES string of the molecule is C#Cc1cc(Cl)c(F)c(-c2c(Br)cnn2C)c1C#N. The van der Waals surface area contributed by atoms with Gasteiger partial charge in [0, 0.05) is 12.6 Å². The Kier molecular flexibility index (Phi) is 3.61. The van der Waals surface area contributed by atoms with Crippen molar-refractivity contribution in [2.24, 2.45) is 7.05 Å². The summed E-state index contributed by atoms with van der Waals surface area (Å²) in [5.41, 5.74) is 0.772. The van der Waals surface area contributed by atoms with Crippen LogP contribution in [0.5, 0.6) is 0 Å². The van der Waals surface area contributed by atoms with Crippen LogP contribution < -0.4 is 0 Å². The lowest BCUT2D eigenvalue weighted by Crippen LogP contribution is -2.01. The van der Waals surface area contributed by atoms with Crippen molar-refractivity contribution in [1.29, 1.82) is 5.26 Å². The minimum atomic E-state index is -0.693. The zero-order valence-corrected chi connectivity index (χ0v) is 12.0. The number of aromatic nitrogens is 2. The number of rotatable bonds is 1. The average molecular weight is 339 g/mol. The van der Waals surface area contributed by atoms with Crippen molar-refractivity contribution in [3.8, 4) is 29.7 Å². The van der Waals surface area contributed by atoms with Gasteiger partial charge in [0.2, 0.25) is 0 Å². The Balaban J connectivity index is 2.96. The fraction of sp³-hybridized carbons (Fsp3) is 0.0769. The van der Waals surface area contributed by atoms with Gasteiger partial charge in [0.05, 0.1) is 32.5 Å². The first-order valence-corrected chi connectivity index (χ1v) is 6.25. The van der Waals surface area contributed by atoms with E-state index in [0.29, 0.717) is 10.2 Å². The maximum absolute atomic E-state index is 14.3. The first-order valence-electron chi connectivity index (χ1n) is 5.07. The van der Waals surface area contributed by atoms with Crippen LogP contribution in [0.2, 0.25) is 5.02 Å². The fourth-order valence-electron chi connectivity index (χ4n) is 1.77. The summed E-state index contributed by atoms with van der Waals surface area (Å²) in [6.07, 6.45) is 6.83. The zero-order valence-electron chi connectivity index (χ0n) is 9.71. The maximum Gasteiger partial charge on any atom is 0.152 e. The quantitative estimate of drug-likeness (QED) is 0.747. The lowest BCUT2D eigenvalue weighted by atomic mass is 9.99. The summed E-state index contributed by atoms with van der Waals surface area (Å²) in [5.74, 6) is 1.64. The topological polar surface area (TPSA) is 41.6 Å². The second-order valence-corrected chi connectivity index (χ2v) is 4.95. The van der Waals surface area contributed by atoms with Crippen molar-refractivity contribution in [2.75, 3.05) is 0 Å². The smallest absolute Gasteiger partial charge is 0.152 e. The van der Waals surface area contributed by atoms with Crippen molar-refractivity contribution in [3.05, 3.63) is 38.7 Å². The Bertz CT molecular complexity index is 733. The highest BCUT2D eigenvalue weighted by molar-refractivity contribution is 9.10. The molecule has 1 heterocycles. The monoisotopic (exact) mass is 337 g/mol. The van der Waals surface area contributed by atoms with Crippen molar-refractivity contribution >= 4 is 27.5 Å². The van der Waals surface area contributed by atoms with Gasteiger partial charge in [0.1, 0.15) is 6.07 Å². The maximum atomic E-state index is 14.3. The molecule has 19 heavy (non-hydrogen) atoms. The minimum absolute atomic E-state index is 0.0508. The van der Waals surface area contributed by atoms with Gasteiger partial charge in [0.25, 0.3) is 0 Å². The largest absolute Gasteiger partial charge is 0.267 e. The summed E-state index contributed by atoms with van der Waals surface area (Å²) in [7, 11) is 1.64. The number of aryl methyl sites for hydroxylation is 1. The molecule has 0 fully saturated rings. The molecule has 0 aliphatic rings. The third-order valence-electron chi connectivity index (χ3n) is 2.62. The Morgan fingerprint density at radius 1 is 1.58 bits per heavy atom. The molecule has 0 radical (unpaired) electrons. The fourth-order valence-corrected chi connectivity index (χ4v) is 2.52. The van der Waals surface area contributed by atoms with Gasteiger partial charge >= 0.3 is 0 Å². The second-order valence-electron chi connectivity index (χ2n) is 3.69. The lowest BCUT2D eigenvalue weighted by Gasteiger charge is -2.10. The van der Waals surface area contributed by atoms with E-state index in [-0.39, 0.29) is 21.7 Å². The van der Waals surface area contributed by atoms with Crippen LogP contribution in [0.4, 0.5) is 4.39 Å². The van der Waals surface area contributed by atoms with E-state index < -0.39 is 5.82 Å². The predicted octanol–water partition coefficient (Wildman–Crippen LogP) is 3.50. The van der Waals surface area contributed by atoms with Gasteiger partial charge in [-0.05, 0) is 22.0 Å². The number of terminal acetylenes is 1. The number of benzene rings is 1. The highest BCUT2D eigenvalue weighted by Gasteiger charge is 2.22. The Morgan fingerprint density at radius 3 is 2.74 bits per heavy atom. The van der Waals surface area contributed by atoms with Crippen molar-refractivity contribution in [2.45, 2.75) is 0 Å². The molecule has 1 aromatic heterocycles. The molecule has 0 saturated heterocycles. The number of halogens is 3. The Morgan fingerprint density at radius 2 is 2.26 bits per heavy atom. The van der Waals surface area contributed by atoms with Gasteiger partial charge in [-0.3, -0.25) is 4.68 Å². The van der Waals surface area contributed by atoms with E-state index in [9.17, 15) is 9.65 Å². The highest BCUT2D eigenvalue weighted by Crippen LogP contribution is 2.36. The molecule has 0 spiro atoms. The molecule has 0 aliphatic heterocycles. The van der Waals surface area contributed by atoms with Crippen LogP contribution in [-0.2, 0) is 7.05 Å². The van der Waals surface area contributed by atoms with E-state index in [1.54, 1.807) is 7.05 Å². The summed E-state index contributed by atoms with van der Waals surface area (Å²) >= 11 is 9.09. The van der Waals surface area contributed by atoms with Crippen LogP contribution in [0.1, 0.15) is 11.1 Å². The van der Waals surface area contributed by atoms with Crippen LogP contribution in [0.15, 0.2) is 16.7 Å². The molecule has 0 unspecified atom stereocenters. The molecular formula is C13H6BrClFN3. The molecule has 0 aliphatic carbocycles. The lowest BCUT2D eigenvalue weighted by molar-refractivity contribution is 0.627. The summed E-state index contributed by atoms with van der Waals surface area (Å²) in [6, 6.07) is 3.19. The first-order chi connectivity index (χ1) is 9.01. The van der Waals surface area contributed by atoms with Crippen LogP contribution in [0, 0.1) is 29.5 Å². The standard InChI is InChI=1S/C13H6BrClFN3/c1-3-7-4-10(15)12(16)11(8(7)5-17)13-9(14)6-18-19(13)2/h1,4,6H,2H3. The minimum Gasteiger partial charge on any atom is -0.267 e. The van der Waals surface area contributed by atoms with E-state index in [0.717, 1.165) is 0 Å². The summed E-state index contributed by atoms with van der Waals surface area (Å²) in [6.45, 7) is 0. The zero-order chi connectivity index (χ0) is 14.2. The first kappa shape index (κ1) is 13.6. The van der Waals surface area contributed by atoms with E-state index in [2.05, 4.69) is 26.9 Å². The molecular weight excluding hydrogens is 333 g/mol. The number of hydrogen-bond donors (Lipinski definition) is 0. The van der Waals surface area contributed by atoms with Gasteiger partial charge in [-0.1, -0.05) is 17.5 Å². The summed E-state index contributed by atoms with van der Waals surface area (Å²) < 4.78 is 16.3. The van der Waals surface area contributed by atoms with Crippen LogP contribution in [-0.4, -0.2) is 9.78 Å².